The molecule has 6 heteroatoms. The van der Waals surface area contributed by atoms with Gasteiger partial charge in [0.1, 0.15) is 4.21 Å². The average Bonchev–Trinajstić information content (AvgIpc) is 2.95. The number of nitrogens with one attached hydrogen (secondary N) is 1. The first-order valence-corrected chi connectivity index (χ1v) is 7.69. The summed E-state index contributed by atoms with van der Waals surface area (Å²) >= 11 is 1.22. The molecule has 2 rings (SSSR count). The Balaban J connectivity index is 2.11. The topological polar surface area (TPSA) is 72.2 Å². The molecule has 1 atom stereocenters. The Morgan fingerprint density at radius 1 is 1.62 bits per heavy atom. The zero-order valence-corrected chi connectivity index (χ0v) is 10.8. The number of rotatable bonds is 5. The van der Waals surface area contributed by atoms with Crippen molar-refractivity contribution in [1.82, 2.24) is 4.72 Å². The van der Waals surface area contributed by atoms with Crippen molar-refractivity contribution in [3.05, 3.63) is 17.0 Å². The van der Waals surface area contributed by atoms with Crippen molar-refractivity contribution in [2.75, 3.05) is 0 Å². The molecule has 0 aliphatic heterocycles. The van der Waals surface area contributed by atoms with Gasteiger partial charge >= 0.3 is 0 Å². The van der Waals surface area contributed by atoms with Crippen molar-refractivity contribution in [3.63, 3.8) is 0 Å². The Hall–Kier alpha value is -0.430. The van der Waals surface area contributed by atoms with Gasteiger partial charge in [-0.05, 0) is 42.7 Å². The van der Waals surface area contributed by atoms with E-state index in [1.54, 1.807) is 11.4 Å². The molecule has 0 aromatic carbocycles. The first-order valence-electron chi connectivity index (χ1n) is 5.33. The van der Waals surface area contributed by atoms with Crippen molar-refractivity contribution in [2.24, 2.45) is 11.7 Å². The summed E-state index contributed by atoms with van der Waals surface area (Å²) in [5.41, 5.74) is 6.32. The Kier molecular flexibility index (Phi) is 3.34. The third kappa shape index (κ3) is 2.63. The maximum absolute atomic E-state index is 12.0. The van der Waals surface area contributed by atoms with Crippen LogP contribution in [-0.4, -0.2) is 14.5 Å². The first kappa shape index (κ1) is 12.0. The van der Waals surface area contributed by atoms with Gasteiger partial charge in [-0.1, -0.05) is 0 Å². The summed E-state index contributed by atoms with van der Waals surface area (Å²) in [6.07, 6.45) is 2.25. The van der Waals surface area contributed by atoms with Gasteiger partial charge in [0.25, 0.3) is 0 Å². The van der Waals surface area contributed by atoms with E-state index in [0.717, 1.165) is 18.4 Å². The number of hydrogen-bond acceptors (Lipinski definition) is 4. The molecular formula is C10H16N2O2S2. The van der Waals surface area contributed by atoms with E-state index >= 15 is 0 Å². The minimum atomic E-state index is -3.34. The summed E-state index contributed by atoms with van der Waals surface area (Å²) < 4.78 is 27.0. The standard InChI is InChI=1S/C10H16N2O2S2/c1-7(9-2-3-9)12-16(13,14)10-4-8(5-11)6-15-10/h4,6-7,9,12H,2-3,5,11H2,1H3. The van der Waals surface area contributed by atoms with E-state index < -0.39 is 10.0 Å². The molecule has 1 aliphatic rings. The zero-order chi connectivity index (χ0) is 11.8. The summed E-state index contributed by atoms with van der Waals surface area (Å²) in [5.74, 6) is 0.517. The van der Waals surface area contributed by atoms with Crippen molar-refractivity contribution in [2.45, 2.75) is 36.6 Å². The van der Waals surface area contributed by atoms with Gasteiger partial charge in [0, 0.05) is 12.6 Å². The molecular weight excluding hydrogens is 244 g/mol. The van der Waals surface area contributed by atoms with Crippen LogP contribution in [-0.2, 0) is 16.6 Å². The van der Waals surface area contributed by atoms with E-state index in [1.165, 1.54) is 11.3 Å². The Morgan fingerprint density at radius 3 is 2.81 bits per heavy atom. The second kappa shape index (κ2) is 4.44. The molecule has 1 unspecified atom stereocenters. The summed E-state index contributed by atoms with van der Waals surface area (Å²) in [6.45, 7) is 2.30. The van der Waals surface area contributed by atoms with Crippen LogP contribution < -0.4 is 10.5 Å². The highest BCUT2D eigenvalue weighted by Crippen LogP contribution is 2.33. The SMILES string of the molecule is CC(NS(=O)(=O)c1cc(CN)cs1)C1CC1. The van der Waals surface area contributed by atoms with Crippen LogP contribution in [0.15, 0.2) is 15.7 Å². The molecule has 90 valence electrons. The van der Waals surface area contributed by atoms with Gasteiger partial charge < -0.3 is 5.73 Å². The van der Waals surface area contributed by atoms with Crippen LogP contribution in [0.25, 0.3) is 0 Å². The molecule has 1 aromatic rings. The van der Waals surface area contributed by atoms with E-state index in [9.17, 15) is 8.42 Å². The van der Waals surface area contributed by atoms with Crippen molar-refractivity contribution >= 4 is 21.4 Å². The Bertz CT molecular complexity index is 463. The van der Waals surface area contributed by atoms with Crippen LogP contribution in [0.3, 0.4) is 0 Å². The second-order valence-electron chi connectivity index (χ2n) is 4.23. The van der Waals surface area contributed by atoms with Gasteiger partial charge in [-0.3, -0.25) is 0 Å². The highest BCUT2D eigenvalue weighted by molar-refractivity contribution is 7.91. The molecule has 0 spiro atoms. The van der Waals surface area contributed by atoms with Crippen molar-refractivity contribution in [1.29, 1.82) is 0 Å². The van der Waals surface area contributed by atoms with Gasteiger partial charge in [0.15, 0.2) is 0 Å². The van der Waals surface area contributed by atoms with E-state index in [4.69, 9.17) is 5.73 Å². The van der Waals surface area contributed by atoms with E-state index in [-0.39, 0.29) is 6.04 Å². The van der Waals surface area contributed by atoms with Gasteiger partial charge in [0.05, 0.1) is 0 Å². The minimum absolute atomic E-state index is 0.0356. The summed E-state index contributed by atoms with van der Waals surface area (Å²) in [6, 6.07) is 1.68. The molecule has 1 fully saturated rings. The van der Waals surface area contributed by atoms with Crippen LogP contribution in [0.4, 0.5) is 0 Å². The average molecular weight is 260 g/mol. The summed E-state index contributed by atoms with van der Waals surface area (Å²) in [7, 11) is -3.34. The summed E-state index contributed by atoms with van der Waals surface area (Å²) in [5, 5.41) is 1.79. The maximum atomic E-state index is 12.0. The fourth-order valence-electron chi connectivity index (χ4n) is 1.60. The number of hydrogen-bond donors (Lipinski definition) is 2. The first-order chi connectivity index (χ1) is 7.53. The minimum Gasteiger partial charge on any atom is -0.326 e. The third-order valence-corrected chi connectivity index (χ3v) is 5.85. The lowest BCUT2D eigenvalue weighted by Crippen LogP contribution is -2.33. The van der Waals surface area contributed by atoms with Gasteiger partial charge in [-0.2, -0.15) is 0 Å². The molecule has 0 saturated heterocycles. The molecule has 0 bridgehead atoms. The predicted octanol–water partition coefficient (Wildman–Crippen LogP) is 1.28. The fraction of sp³-hybridized carbons (Fsp3) is 0.600. The monoisotopic (exact) mass is 260 g/mol. The lowest BCUT2D eigenvalue weighted by molar-refractivity contribution is 0.539. The van der Waals surface area contributed by atoms with Gasteiger partial charge in [0.2, 0.25) is 10.0 Å². The highest BCUT2D eigenvalue weighted by Gasteiger charge is 2.31. The van der Waals surface area contributed by atoms with E-state index in [0.29, 0.717) is 16.7 Å². The lowest BCUT2D eigenvalue weighted by atomic mass is 10.2. The second-order valence-corrected chi connectivity index (χ2v) is 7.08. The molecule has 1 heterocycles. The van der Waals surface area contributed by atoms with Crippen LogP contribution in [0.1, 0.15) is 25.3 Å². The molecule has 0 amide bonds. The fourth-order valence-corrected chi connectivity index (χ4v) is 4.15. The maximum Gasteiger partial charge on any atom is 0.250 e. The van der Waals surface area contributed by atoms with Gasteiger partial charge in [-0.25, -0.2) is 13.1 Å². The van der Waals surface area contributed by atoms with Crippen LogP contribution >= 0.6 is 11.3 Å². The summed E-state index contributed by atoms with van der Waals surface area (Å²) in [4.78, 5) is 0. The van der Waals surface area contributed by atoms with Crippen LogP contribution in [0.5, 0.6) is 0 Å². The molecule has 16 heavy (non-hydrogen) atoms. The van der Waals surface area contributed by atoms with Crippen molar-refractivity contribution in [3.8, 4) is 0 Å². The molecule has 0 radical (unpaired) electrons. The van der Waals surface area contributed by atoms with E-state index in [2.05, 4.69) is 4.72 Å². The zero-order valence-electron chi connectivity index (χ0n) is 9.14. The van der Waals surface area contributed by atoms with Crippen LogP contribution in [0, 0.1) is 5.92 Å². The highest BCUT2D eigenvalue weighted by atomic mass is 32.2. The lowest BCUT2D eigenvalue weighted by Gasteiger charge is -2.11. The Labute approximate surface area is 99.9 Å². The number of nitrogens with two attached hydrogens (primary N) is 1. The third-order valence-electron chi connectivity index (χ3n) is 2.80. The number of sulfonamides is 1. The molecule has 1 aromatic heterocycles. The smallest absolute Gasteiger partial charge is 0.250 e. The normalized spacial score (nSPS) is 18.6. The van der Waals surface area contributed by atoms with Crippen molar-refractivity contribution < 1.29 is 8.42 Å². The molecule has 1 saturated carbocycles. The van der Waals surface area contributed by atoms with E-state index in [1.807, 2.05) is 6.92 Å². The molecule has 4 nitrogen and oxygen atoms in total. The number of thiophene rings is 1. The quantitative estimate of drug-likeness (QED) is 0.837. The Morgan fingerprint density at radius 2 is 2.31 bits per heavy atom. The molecule has 1 aliphatic carbocycles. The largest absolute Gasteiger partial charge is 0.326 e. The van der Waals surface area contributed by atoms with Gasteiger partial charge in [-0.15, -0.1) is 11.3 Å². The predicted molar refractivity (Wildman–Crippen MR) is 64.7 cm³/mol. The van der Waals surface area contributed by atoms with Crippen LogP contribution in [0.2, 0.25) is 0 Å². The molecule has 3 N–H and O–H groups in total.